The average Bonchev–Trinajstić information content (AvgIpc) is 3.39. The summed E-state index contributed by atoms with van der Waals surface area (Å²) in [5.41, 5.74) is 0. The quantitative estimate of drug-likeness (QED) is 0.511. The Labute approximate surface area is 163 Å². The highest BCUT2D eigenvalue weighted by atomic mass is 16.5. The van der Waals surface area contributed by atoms with Gasteiger partial charge in [-0.25, -0.2) is 0 Å². The first-order valence-corrected chi connectivity index (χ1v) is 10.6. The van der Waals surface area contributed by atoms with E-state index in [1.807, 2.05) is 12.1 Å². The molecule has 2 N–H and O–H groups in total. The summed E-state index contributed by atoms with van der Waals surface area (Å²) in [7, 11) is 0. The molecule has 1 aromatic rings. The summed E-state index contributed by atoms with van der Waals surface area (Å²) in [4.78, 5) is 4.87. The zero-order valence-electron chi connectivity index (χ0n) is 16.6. The highest BCUT2D eigenvalue weighted by molar-refractivity contribution is 5.80. The molecule has 2 unspecified atom stereocenters. The van der Waals surface area contributed by atoms with Crippen molar-refractivity contribution in [3.8, 4) is 0 Å². The van der Waals surface area contributed by atoms with E-state index in [9.17, 15) is 0 Å². The molecular formula is C21H35N3O3. The lowest BCUT2D eigenvalue weighted by Gasteiger charge is -2.22. The van der Waals surface area contributed by atoms with Crippen molar-refractivity contribution in [2.24, 2.45) is 10.9 Å². The number of nitrogens with zero attached hydrogens (tertiary/aromatic N) is 1. The lowest BCUT2D eigenvalue weighted by Crippen LogP contribution is -2.45. The number of furan rings is 1. The van der Waals surface area contributed by atoms with E-state index in [2.05, 4.69) is 17.6 Å². The van der Waals surface area contributed by atoms with Crippen molar-refractivity contribution in [3.05, 3.63) is 24.2 Å². The smallest absolute Gasteiger partial charge is 0.191 e. The molecule has 152 valence electrons. The standard InChI is InChI=1S/C21H35N3O3/c1-17(15-27-20-10-13-25-16-20)24-21(22-11-9-19-8-5-12-26-19)23-14-18-6-3-2-4-7-18/h5,8,12,17-18,20H,2-4,6-7,9-11,13-16H2,1H3,(H2,22,23,24). The van der Waals surface area contributed by atoms with E-state index in [1.165, 1.54) is 32.1 Å². The van der Waals surface area contributed by atoms with Gasteiger partial charge in [0, 0.05) is 32.2 Å². The van der Waals surface area contributed by atoms with Crippen molar-refractivity contribution in [2.45, 2.75) is 64.0 Å². The molecule has 0 radical (unpaired) electrons. The number of rotatable bonds is 9. The molecule has 6 nitrogen and oxygen atoms in total. The third-order valence-electron chi connectivity index (χ3n) is 5.33. The molecule has 0 amide bonds. The molecule has 0 bridgehead atoms. The van der Waals surface area contributed by atoms with E-state index < -0.39 is 0 Å². The number of nitrogens with one attached hydrogen (secondary N) is 2. The van der Waals surface area contributed by atoms with E-state index in [-0.39, 0.29) is 12.1 Å². The van der Waals surface area contributed by atoms with Crippen LogP contribution in [-0.2, 0) is 15.9 Å². The molecule has 2 atom stereocenters. The third-order valence-corrected chi connectivity index (χ3v) is 5.33. The molecule has 1 aromatic heterocycles. The van der Waals surface area contributed by atoms with E-state index >= 15 is 0 Å². The number of hydrogen-bond donors (Lipinski definition) is 2. The van der Waals surface area contributed by atoms with Gasteiger partial charge in [-0.3, -0.25) is 4.99 Å². The Kier molecular flexibility index (Phi) is 8.49. The van der Waals surface area contributed by atoms with Crippen LogP contribution in [0.5, 0.6) is 0 Å². The van der Waals surface area contributed by atoms with Gasteiger partial charge in [-0.15, -0.1) is 0 Å². The Morgan fingerprint density at radius 2 is 2.19 bits per heavy atom. The lowest BCUT2D eigenvalue weighted by atomic mass is 9.89. The van der Waals surface area contributed by atoms with Gasteiger partial charge in [0.05, 0.1) is 25.6 Å². The van der Waals surface area contributed by atoms with E-state index in [0.717, 1.165) is 56.8 Å². The predicted molar refractivity (Wildman–Crippen MR) is 107 cm³/mol. The Morgan fingerprint density at radius 1 is 1.30 bits per heavy atom. The second-order valence-electron chi connectivity index (χ2n) is 7.81. The fourth-order valence-electron chi connectivity index (χ4n) is 3.70. The van der Waals surface area contributed by atoms with Gasteiger partial charge in [0.2, 0.25) is 0 Å². The molecular weight excluding hydrogens is 342 g/mol. The molecule has 1 aliphatic carbocycles. The van der Waals surface area contributed by atoms with Gasteiger partial charge < -0.3 is 24.5 Å². The van der Waals surface area contributed by atoms with Crippen LogP contribution >= 0.6 is 0 Å². The minimum atomic E-state index is 0.201. The molecule has 1 aliphatic heterocycles. The largest absolute Gasteiger partial charge is 0.469 e. The maximum absolute atomic E-state index is 5.94. The predicted octanol–water partition coefficient (Wildman–Crippen LogP) is 3.13. The van der Waals surface area contributed by atoms with E-state index in [0.29, 0.717) is 6.61 Å². The zero-order chi connectivity index (χ0) is 18.7. The minimum Gasteiger partial charge on any atom is -0.469 e. The first-order valence-electron chi connectivity index (χ1n) is 10.6. The van der Waals surface area contributed by atoms with Crippen LogP contribution in [0.1, 0.15) is 51.2 Å². The van der Waals surface area contributed by atoms with Gasteiger partial charge in [-0.05, 0) is 44.2 Å². The van der Waals surface area contributed by atoms with Gasteiger partial charge in [-0.1, -0.05) is 19.3 Å². The summed E-state index contributed by atoms with van der Waals surface area (Å²) >= 11 is 0. The fourth-order valence-corrected chi connectivity index (χ4v) is 3.70. The normalized spacial score (nSPS) is 22.7. The number of hydrogen-bond acceptors (Lipinski definition) is 4. The summed E-state index contributed by atoms with van der Waals surface area (Å²) in [6.45, 7) is 6.04. The summed E-state index contributed by atoms with van der Waals surface area (Å²) in [6, 6.07) is 4.14. The highest BCUT2D eigenvalue weighted by Crippen LogP contribution is 2.23. The van der Waals surface area contributed by atoms with E-state index in [4.69, 9.17) is 18.9 Å². The number of aliphatic imine (C=N–C) groups is 1. The van der Waals surface area contributed by atoms with Gasteiger partial charge in [0.1, 0.15) is 5.76 Å². The summed E-state index contributed by atoms with van der Waals surface area (Å²) in [6.07, 6.45) is 10.5. The number of guanidine groups is 1. The maximum atomic E-state index is 5.94. The van der Waals surface area contributed by atoms with Crippen LogP contribution in [0.2, 0.25) is 0 Å². The Bertz CT molecular complexity index is 535. The molecule has 2 fully saturated rings. The molecule has 0 aromatic carbocycles. The minimum absolute atomic E-state index is 0.201. The molecule has 1 saturated heterocycles. The molecule has 3 rings (SSSR count). The molecule has 2 heterocycles. The van der Waals surface area contributed by atoms with Crippen molar-refractivity contribution in [2.75, 3.05) is 32.9 Å². The van der Waals surface area contributed by atoms with E-state index in [1.54, 1.807) is 6.26 Å². The van der Waals surface area contributed by atoms with Crippen molar-refractivity contribution < 1.29 is 13.9 Å². The first-order chi connectivity index (χ1) is 13.3. The summed E-state index contributed by atoms with van der Waals surface area (Å²) in [5.74, 6) is 2.60. The van der Waals surface area contributed by atoms with Crippen LogP contribution in [0.15, 0.2) is 27.8 Å². The van der Waals surface area contributed by atoms with Gasteiger partial charge in [-0.2, -0.15) is 0 Å². The number of ether oxygens (including phenoxy) is 2. The third kappa shape index (κ3) is 7.54. The zero-order valence-corrected chi connectivity index (χ0v) is 16.6. The van der Waals surface area contributed by atoms with Crippen LogP contribution < -0.4 is 10.6 Å². The SMILES string of the molecule is CC(COC1CCOC1)NC(=NCC1CCCCC1)NCCc1ccco1. The molecule has 0 spiro atoms. The Balaban J connectivity index is 1.45. The van der Waals surface area contributed by atoms with Crippen LogP contribution in [-0.4, -0.2) is 51.0 Å². The highest BCUT2D eigenvalue weighted by Gasteiger charge is 2.18. The first kappa shape index (κ1) is 20.2. The monoisotopic (exact) mass is 377 g/mol. The Morgan fingerprint density at radius 3 is 2.93 bits per heavy atom. The van der Waals surface area contributed by atoms with Crippen molar-refractivity contribution in [1.29, 1.82) is 0 Å². The van der Waals surface area contributed by atoms with Crippen LogP contribution in [0.3, 0.4) is 0 Å². The van der Waals surface area contributed by atoms with Crippen LogP contribution in [0.25, 0.3) is 0 Å². The van der Waals surface area contributed by atoms with Crippen molar-refractivity contribution in [3.63, 3.8) is 0 Å². The lowest BCUT2D eigenvalue weighted by molar-refractivity contribution is 0.0347. The summed E-state index contributed by atoms with van der Waals surface area (Å²) < 4.78 is 16.7. The van der Waals surface area contributed by atoms with Gasteiger partial charge in [0.15, 0.2) is 5.96 Å². The average molecular weight is 378 g/mol. The second kappa shape index (κ2) is 11.3. The molecule has 6 heteroatoms. The van der Waals surface area contributed by atoms with Crippen molar-refractivity contribution >= 4 is 5.96 Å². The molecule has 2 aliphatic rings. The van der Waals surface area contributed by atoms with Gasteiger partial charge in [0.25, 0.3) is 0 Å². The van der Waals surface area contributed by atoms with Crippen molar-refractivity contribution in [1.82, 2.24) is 10.6 Å². The second-order valence-corrected chi connectivity index (χ2v) is 7.81. The van der Waals surface area contributed by atoms with Crippen LogP contribution in [0, 0.1) is 5.92 Å². The van der Waals surface area contributed by atoms with Gasteiger partial charge >= 0.3 is 0 Å². The molecule has 1 saturated carbocycles. The summed E-state index contributed by atoms with van der Waals surface area (Å²) in [5, 5.41) is 6.96. The van der Waals surface area contributed by atoms with Crippen LogP contribution in [0.4, 0.5) is 0 Å². The topological polar surface area (TPSA) is 68.0 Å². The fraction of sp³-hybridized carbons (Fsp3) is 0.762. The molecule has 27 heavy (non-hydrogen) atoms. The Hall–Kier alpha value is -1.53. The maximum Gasteiger partial charge on any atom is 0.191 e.